The monoisotopic (exact) mass is 281 g/mol. The van der Waals surface area contributed by atoms with Crippen molar-refractivity contribution >= 4 is 33.7 Å². The minimum Gasteiger partial charge on any atom is -0.302 e. The van der Waals surface area contributed by atoms with Gasteiger partial charge in [0.1, 0.15) is 0 Å². The molecule has 4 nitrogen and oxygen atoms in total. The number of nitrogens with zero attached hydrogens (tertiary/aromatic N) is 2. The zero-order valence-corrected chi connectivity index (χ0v) is 12.2. The lowest BCUT2D eigenvalue weighted by Gasteiger charge is -1.99. The third kappa shape index (κ3) is 3.36. The second-order valence-electron chi connectivity index (χ2n) is 4.33. The van der Waals surface area contributed by atoms with E-state index < -0.39 is 0 Å². The first kappa shape index (κ1) is 13.2. The zero-order chi connectivity index (χ0) is 13.1. The summed E-state index contributed by atoms with van der Waals surface area (Å²) >= 11 is 3.08. The Bertz CT molecular complexity index is 545. The molecule has 0 aliphatic carbocycles. The van der Waals surface area contributed by atoms with Gasteiger partial charge in [-0.25, -0.2) is 9.97 Å². The van der Waals surface area contributed by atoms with E-state index in [-0.39, 0.29) is 5.91 Å². The van der Waals surface area contributed by atoms with Crippen molar-refractivity contribution in [2.75, 3.05) is 5.32 Å². The van der Waals surface area contributed by atoms with E-state index in [2.05, 4.69) is 29.1 Å². The summed E-state index contributed by atoms with van der Waals surface area (Å²) < 4.78 is 0. The van der Waals surface area contributed by atoms with E-state index >= 15 is 0 Å². The van der Waals surface area contributed by atoms with Crippen LogP contribution in [-0.4, -0.2) is 15.9 Å². The first-order valence-corrected chi connectivity index (χ1v) is 7.41. The highest BCUT2D eigenvalue weighted by Gasteiger charge is 2.11. The average Bonchev–Trinajstić information content (AvgIpc) is 2.88. The number of hydrogen-bond acceptors (Lipinski definition) is 5. The lowest BCUT2D eigenvalue weighted by molar-refractivity contribution is -0.115. The number of carbonyl (C=O) groups excluding carboxylic acids is 1. The number of aryl methyl sites for hydroxylation is 1. The Morgan fingerprint density at radius 1 is 1.50 bits per heavy atom. The normalized spacial score (nSPS) is 10.9. The molecule has 2 aromatic rings. The maximum Gasteiger partial charge on any atom is 0.232 e. The summed E-state index contributed by atoms with van der Waals surface area (Å²) in [5.41, 5.74) is 0.828. The van der Waals surface area contributed by atoms with Crippen molar-refractivity contribution in [2.24, 2.45) is 0 Å². The molecular weight excluding hydrogens is 266 g/mol. The molecule has 2 heterocycles. The van der Waals surface area contributed by atoms with E-state index in [0.29, 0.717) is 17.5 Å². The number of carbonyl (C=O) groups is 1. The first-order chi connectivity index (χ1) is 8.54. The average molecular weight is 281 g/mol. The van der Waals surface area contributed by atoms with Crippen LogP contribution in [0.5, 0.6) is 0 Å². The van der Waals surface area contributed by atoms with Crippen LogP contribution in [0.15, 0.2) is 11.6 Å². The molecular formula is C12H15N3OS2. The van der Waals surface area contributed by atoms with Crippen LogP contribution in [0.25, 0.3) is 0 Å². The predicted octanol–water partition coefficient (Wildman–Crippen LogP) is 3.21. The maximum atomic E-state index is 11.8. The number of hydrogen-bond donors (Lipinski definition) is 1. The zero-order valence-electron chi connectivity index (χ0n) is 10.6. The molecule has 0 saturated heterocycles. The molecule has 0 radical (unpaired) electrons. The molecule has 1 amide bonds. The van der Waals surface area contributed by atoms with Gasteiger partial charge in [0.15, 0.2) is 5.13 Å². The fourth-order valence-corrected chi connectivity index (χ4v) is 2.93. The third-order valence-corrected chi connectivity index (χ3v) is 4.30. The molecule has 0 unspecified atom stereocenters. The molecule has 0 bridgehead atoms. The van der Waals surface area contributed by atoms with Crippen molar-refractivity contribution in [3.63, 3.8) is 0 Å². The van der Waals surface area contributed by atoms with E-state index in [1.54, 1.807) is 17.5 Å². The van der Waals surface area contributed by atoms with Crippen LogP contribution in [-0.2, 0) is 11.2 Å². The Morgan fingerprint density at radius 2 is 2.28 bits per heavy atom. The lowest BCUT2D eigenvalue weighted by Crippen LogP contribution is -2.14. The highest BCUT2D eigenvalue weighted by molar-refractivity contribution is 7.15. The number of thiazole rings is 2. The highest BCUT2D eigenvalue weighted by atomic mass is 32.1. The maximum absolute atomic E-state index is 11.8. The molecule has 0 spiro atoms. The molecule has 96 valence electrons. The molecule has 2 rings (SSSR count). The summed E-state index contributed by atoms with van der Waals surface area (Å²) in [7, 11) is 0. The minimum absolute atomic E-state index is 0.0649. The van der Waals surface area contributed by atoms with E-state index in [0.717, 1.165) is 15.6 Å². The summed E-state index contributed by atoms with van der Waals surface area (Å²) in [4.78, 5) is 21.4. The van der Waals surface area contributed by atoms with Gasteiger partial charge in [0.2, 0.25) is 5.91 Å². The van der Waals surface area contributed by atoms with Gasteiger partial charge in [0.25, 0.3) is 0 Å². The van der Waals surface area contributed by atoms with Crippen LogP contribution in [0.1, 0.15) is 35.3 Å². The predicted molar refractivity (Wildman–Crippen MR) is 75.4 cm³/mol. The molecule has 18 heavy (non-hydrogen) atoms. The Balaban J connectivity index is 1.94. The van der Waals surface area contributed by atoms with Crippen LogP contribution in [0, 0.1) is 6.92 Å². The summed E-state index contributed by atoms with van der Waals surface area (Å²) in [5.74, 6) is 0.346. The van der Waals surface area contributed by atoms with Gasteiger partial charge in [-0.05, 0) is 6.92 Å². The number of nitrogens with one attached hydrogen (secondary N) is 1. The summed E-state index contributed by atoms with van der Waals surface area (Å²) in [5, 5.41) is 6.45. The van der Waals surface area contributed by atoms with Crippen LogP contribution >= 0.6 is 22.7 Å². The summed E-state index contributed by atoms with van der Waals surface area (Å²) in [6.07, 6.45) is 2.06. The molecule has 0 fully saturated rings. The molecule has 6 heteroatoms. The topological polar surface area (TPSA) is 54.9 Å². The van der Waals surface area contributed by atoms with Crippen molar-refractivity contribution in [1.82, 2.24) is 9.97 Å². The van der Waals surface area contributed by atoms with Gasteiger partial charge < -0.3 is 5.32 Å². The smallest absolute Gasteiger partial charge is 0.232 e. The number of aromatic nitrogens is 2. The minimum atomic E-state index is -0.0649. The van der Waals surface area contributed by atoms with Crippen molar-refractivity contribution < 1.29 is 4.79 Å². The molecule has 0 saturated carbocycles. The van der Waals surface area contributed by atoms with Crippen LogP contribution in [0.4, 0.5) is 5.13 Å². The van der Waals surface area contributed by atoms with Crippen molar-refractivity contribution in [3.8, 4) is 0 Å². The molecule has 2 aromatic heterocycles. The van der Waals surface area contributed by atoms with E-state index in [1.807, 2.05) is 12.3 Å². The molecule has 0 aliphatic heterocycles. The van der Waals surface area contributed by atoms with Crippen LogP contribution in [0.3, 0.4) is 0 Å². The fourth-order valence-electron chi connectivity index (χ4n) is 1.41. The standard InChI is InChI=1S/C12H15N3OS2/c1-7(2)11-14-9(6-17-11)4-10(16)15-12-13-5-8(3)18-12/h5-7H,4H2,1-3H3,(H,13,15,16). The van der Waals surface area contributed by atoms with Crippen LogP contribution in [0.2, 0.25) is 0 Å². The number of amides is 1. The van der Waals surface area contributed by atoms with Gasteiger partial charge in [0.05, 0.1) is 17.1 Å². The SMILES string of the molecule is Cc1cnc(NC(=O)Cc2csc(C(C)C)n2)s1. The summed E-state index contributed by atoms with van der Waals surface area (Å²) in [6, 6.07) is 0. The van der Waals surface area contributed by atoms with Gasteiger partial charge in [-0.1, -0.05) is 13.8 Å². The van der Waals surface area contributed by atoms with E-state index in [9.17, 15) is 4.79 Å². The second kappa shape index (κ2) is 5.58. The summed E-state index contributed by atoms with van der Waals surface area (Å²) in [6.45, 7) is 6.16. The van der Waals surface area contributed by atoms with Crippen molar-refractivity contribution in [1.29, 1.82) is 0 Å². The Morgan fingerprint density at radius 3 is 2.83 bits per heavy atom. The van der Waals surface area contributed by atoms with Crippen molar-refractivity contribution in [3.05, 3.63) is 27.2 Å². The van der Waals surface area contributed by atoms with Gasteiger partial charge in [-0.15, -0.1) is 22.7 Å². The number of anilines is 1. The highest BCUT2D eigenvalue weighted by Crippen LogP contribution is 2.20. The van der Waals surface area contributed by atoms with E-state index in [4.69, 9.17) is 0 Å². The molecule has 0 atom stereocenters. The molecule has 0 aromatic carbocycles. The van der Waals surface area contributed by atoms with Gasteiger partial charge in [0, 0.05) is 22.4 Å². The largest absolute Gasteiger partial charge is 0.302 e. The fraction of sp³-hybridized carbons (Fsp3) is 0.417. The molecule has 1 N–H and O–H groups in total. The quantitative estimate of drug-likeness (QED) is 0.936. The third-order valence-electron chi connectivity index (χ3n) is 2.27. The van der Waals surface area contributed by atoms with E-state index in [1.165, 1.54) is 11.3 Å². The van der Waals surface area contributed by atoms with Gasteiger partial charge >= 0.3 is 0 Å². The Labute approximate surface area is 114 Å². The van der Waals surface area contributed by atoms with Gasteiger partial charge in [-0.2, -0.15) is 0 Å². The first-order valence-electron chi connectivity index (χ1n) is 5.71. The van der Waals surface area contributed by atoms with Gasteiger partial charge in [-0.3, -0.25) is 4.79 Å². The Hall–Kier alpha value is -1.27. The van der Waals surface area contributed by atoms with Crippen molar-refractivity contribution in [2.45, 2.75) is 33.1 Å². The Kier molecular flexibility index (Phi) is 4.08. The molecule has 0 aliphatic rings. The number of rotatable bonds is 4. The second-order valence-corrected chi connectivity index (χ2v) is 6.46. The lowest BCUT2D eigenvalue weighted by atomic mass is 10.2. The van der Waals surface area contributed by atoms with Crippen LogP contribution < -0.4 is 5.32 Å².